The topological polar surface area (TPSA) is 102 Å². The minimum Gasteiger partial charge on any atom is -0.456 e. The van der Waals surface area contributed by atoms with Crippen molar-refractivity contribution in [2.45, 2.75) is 49.8 Å². The van der Waals surface area contributed by atoms with E-state index in [-0.39, 0.29) is 22.9 Å². The van der Waals surface area contributed by atoms with Crippen LogP contribution in [0.2, 0.25) is 0 Å². The minimum absolute atomic E-state index is 0.0739. The molecule has 1 aromatic rings. The van der Waals surface area contributed by atoms with Crippen molar-refractivity contribution >= 4 is 27.6 Å². The van der Waals surface area contributed by atoms with E-state index in [2.05, 4.69) is 5.32 Å². The molecule has 8 nitrogen and oxygen atoms in total. The van der Waals surface area contributed by atoms with Gasteiger partial charge in [0.1, 0.15) is 0 Å². The molecule has 0 radical (unpaired) electrons. The standard InChI is InChI=1S/C24H32N2O6S/c27-22(16-32-23(28)15-24-12-17-8-18(13-24)10-19(9-17)14-24)25-20-2-1-3-21(11-20)33(29,30)26-4-6-31-7-5-26/h1-3,11,17-19H,4-10,12-16H2,(H,25,27). The van der Waals surface area contributed by atoms with Crippen LogP contribution in [0.15, 0.2) is 29.2 Å². The van der Waals surface area contributed by atoms with Crippen molar-refractivity contribution in [3.8, 4) is 0 Å². The van der Waals surface area contributed by atoms with Gasteiger partial charge < -0.3 is 14.8 Å². The van der Waals surface area contributed by atoms with Crippen molar-refractivity contribution in [3.05, 3.63) is 24.3 Å². The number of amides is 1. The van der Waals surface area contributed by atoms with E-state index in [9.17, 15) is 18.0 Å². The number of nitrogens with zero attached hydrogens (tertiary/aromatic N) is 1. The summed E-state index contributed by atoms with van der Waals surface area (Å²) >= 11 is 0. The third-order valence-electron chi connectivity index (χ3n) is 7.77. The van der Waals surface area contributed by atoms with Gasteiger partial charge in [0.2, 0.25) is 10.0 Å². The number of nitrogens with one attached hydrogen (secondary N) is 1. The first-order valence-electron chi connectivity index (χ1n) is 11.9. The summed E-state index contributed by atoms with van der Waals surface area (Å²) in [5.74, 6) is 1.49. The van der Waals surface area contributed by atoms with Gasteiger partial charge in [0.05, 0.1) is 24.5 Å². The smallest absolute Gasteiger partial charge is 0.306 e. The van der Waals surface area contributed by atoms with Crippen LogP contribution >= 0.6 is 0 Å². The second-order valence-corrected chi connectivity index (χ2v) is 12.3. The molecule has 9 heteroatoms. The predicted molar refractivity (Wildman–Crippen MR) is 121 cm³/mol. The molecule has 1 heterocycles. The van der Waals surface area contributed by atoms with Gasteiger partial charge in [-0.25, -0.2) is 8.42 Å². The summed E-state index contributed by atoms with van der Waals surface area (Å²) < 4.78 is 37.6. The van der Waals surface area contributed by atoms with Gasteiger partial charge in [0.15, 0.2) is 6.61 Å². The number of carbonyl (C=O) groups is 2. The summed E-state index contributed by atoms with van der Waals surface area (Å²) in [7, 11) is -3.66. The number of hydrogen-bond donors (Lipinski definition) is 1. The fourth-order valence-corrected chi connectivity index (χ4v) is 8.33. The van der Waals surface area contributed by atoms with Gasteiger partial charge >= 0.3 is 5.97 Å². The highest BCUT2D eigenvalue weighted by atomic mass is 32.2. The maximum Gasteiger partial charge on any atom is 0.306 e. The van der Waals surface area contributed by atoms with Crippen LogP contribution < -0.4 is 5.32 Å². The van der Waals surface area contributed by atoms with Gasteiger partial charge in [0, 0.05) is 18.8 Å². The van der Waals surface area contributed by atoms with Crippen LogP contribution in [0.4, 0.5) is 5.69 Å². The van der Waals surface area contributed by atoms with Crippen LogP contribution in [0.3, 0.4) is 0 Å². The molecule has 1 amide bonds. The molecule has 4 bridgehead atoms. The highest BCUT2D eigenvalue weighted by Crippen LogP contribution is 2.61. The van der Waals surface area contributed by atoms with E-state index in [4.69, 9.17) is 9.47 Å². The van der Waals surface area contributed by atoms with Crippen molar-refractivity contribution in [1.82, 2.24) is 4.31 Å². The number of esters is 1. The lowest BCUT2D eigenvalue weighted by molar-refractivity contribution is -0.154. The Morgan fingerprint density at radius 3 is 2.33 bits per heavy atom. The molecule has 1 aromatic carbocycles. The molecule has 0 atom stereocenters. The average molecular weight is 477 g/mol. The molecular formula is C24H32N2O6S. The average Bonchev–Trinajstić information content (AvgIpc) is 2.77. The lowest BCUT2D eigenvalue weighted by Gasteiger charge is -2.56. The molecule has 0 aromatic heterocycles. The Bertz CT molecular complexity index is 982. The molecular weight excluding hydrogens is 444 g/mol. The molecule has 1 saturated heterocycles. The first-order valence-corrected chi connectivity index (χ1v) is 13.4. The molecule has 0 unspecified atom stereocenters. The molecule has 1 N–H and O–H groups in total. The molecule has 6 rings (SSSR count). The number of sulfonamides is 1. The molecule has 0 spiro atoms. The molecule has 4 saturated carbocycles. The van der Waals surface area contributed by atoms with Crippen LogP contribution in [-0.2, 0) is 29.1 Å². The predicted octanol–water partition coefficient (Wildman–Crippen LogP) is 2.80. The molecule has 1 aliphatic heterocycles. The van der Waals surface area contributed by atoms with E-state index >= 15 is 0 Å². The van der Waals surface area contributed by atoms with Gasteiger partial charge in [-0.1, -0.05) is 6.07 Å². The van der Waals surface area contributed by atoms with Crippen LogP contribution in [-0.4, -0.2) is 57.5 Å². The van der Waals surface area contributed by atoms with Crippen molar-refractivity contribution in [1.29, 1.82) is 0 Å². The summed E-state index contributed by atoms with van der Waals surface area (Å²) in [4.78, 5) is 25.0. The van der Waals surface area contributed by atoms with E-state index in [1.807, 2.05) is 0 Å². The maximum atomic E-state index is 12.8. The van der Waals surface area contributed by atoms with Gasteiger partial charge in [-0.05, 0) is 79.9 Å². The van der Waals surface area contributed by atoms with Gasteiger partial charge in [-0.2, -0.15) is 4.31 Å². The van der Waals surface area contributed by atoms with Crippen molar-refractivity contribution in [3.63, 3.8) is 0 Å². The molecule has 180 valence electrons. The Hall–Kier alpha value is -1.97. The third kappa shape index (κ3) is 4.95. The number of anilines is 1. The second-order valence-electron chi connectivity index (χ2n) is 10.3. The Morgan fingerprint density at radius 2 is 1.70 bits per heavy atom. The number of carbonyl (C=O) groups excluding carboxylic acids is 2. The summed E-state index contributed by atoms with van der Waals surface area (Å²) in [6.07, 6.45) is 7.70. The number of rotatable bonds is 7. The molecule has 5 fully saturated rings. The van der Waals surface area contributed by atoms with Crippen LogP contribution in [0, 0.1) is 23.2 Å². The minimum atomic E-state index is -3.66. The van der Waals surface area contributed by atoms with Gasteiger partial charge in [-0.15, -0.1) is 0 Å². The lowest BCUT2D eigenvalue weighted by atomic mass is 9.49. The summed E-state index contributed by atoms with van der Waals surface area (Å²) in [5, 5.41) is 2.65. The zero-order chi connectivity index (χ0) is 23.1. The Kier molecular flexibility index (Phi) is 6.22. The van der Waals surface area contributed by atoms with Crippen molar-refractivity contribution in [2.24, 2.45) is 23.2 Å². The Morgan fingerprint density at radius 1 is 1.06 bits per heavy atom. The molecule has 4 aliphatic carbocycles. The van der Waals surface area contributed by atoms with E-state index in [0.717, 1.165) is 37.0 Å². The van der Waals surface area contributed by atoms with E-state index < -0.39 is 15.9 Å². The number of ether oxygens (including phenoxy) is 2. The Balaban J connectivity index is 1.14. The highest BCUT2D eigenvalue weighted by Gasteiger charge is 2.51. The third-order valence-corrected chi connectivity index (χ3v) is 9.67. The van der Waals surface area contributed by atoms with Crippen molar-refractivity contribution < 1.29 is 27.5 Å². The van der Waals surface area contributed by atoms with Gasteiger partial charge in [0.25, 0.3) is 5.91 Å². The van der Waals surface area contributed by atoms with Gasteiger partial charge in [-0.3, -0.25) is 9.59 Å². The van der Waals surface area contributed by atoms with E-state index in [1.54, 1.807) is 12.1 Å². The monoisotopic (exact) mass is 476 g/mol. The Labute approximate surface area is 195 Å². The summed E-state index contributed by atoms with van der Waals surface area (Å²) in [5.41, 5.74) is 0.427. The fraction of sp³-hybridized carbons (Fsp3) is 0.667. The maximum absolute atomic E-state index is 12.8. The van der Waals surface area contributed by atoms with Crippen LogP contribution in [0.25, 0.3) is 0 Å². The zero-order valence-corrected chi connectivity index (χ0v) is 19.6. The zero-order valence-electron chi connectivity index (χ0n) is 18.8. The van der Waals surface area contributed by atoms with E-state index in [1.165, 1.54) is 35.7 Å². The second kappa shape index (κ2) is 9.00. The molecule has 33 heavy (non-hydrogen) atoms. The highest BCUT2D eigenvalue weighted by molar-refractivity contribution is 7.89. The number of benzene rings is 1. The normalized spacial score (nSPS) is 31.3. The fourth-order valence-electron chi connectivity index (χ4n) is 6.88. The first-order chi connectivity index (χ1) is 15.8. The van der Waals surface area contributed by atoms with Crippen LogP contribution in [0.1, 0.15) is 44.9 Å². The SMILES string of the molecule is O=C(COC(=O)CC12CC3CC(CC(C3)C1)C2)Nc1cccc(S(=O)(=O)N2CCOCC2)c1. The number of hydrogen-bond acceptors (Lipinski definition) is 6. The van der Waals surface area contributed by atoms with E-state index in [0.29, 0.717) is 38.4 Å². The van der Waals surface area contributed by atoms with Crippen LogP contribution in [0.5, 0.6) is 0 Å². The largest absolute Gasteiger partial charge is 0.456 e. The number of morpholine rings is 1. The first kappa shape index (κ1) is 22.8. The van der Waals surface area contributed by atoms with Crippen molar-refractivity contribution in [2.75, 3.05) is 38.2 Å². The summed E-state index contributed by atoms with van der Waals surface area (Å²) in [6.45, 7) is 0.970. The quantitative estimate of drug-likeness (QED) is 0.607. The summed E-state index contributed by atoms with van der Waals surface area (Å²) in [6, 6.07) is 6.14. The molecule has 5 aliphatic rings. The lowest BCUT2D eigenvalue weighted by Crippen LogP contribution is -2.47.